The van der Waals surface area contributed by atoms with E-state index in [1.165, 1.54) is 7.11 Å². The molecule has 1 fully saturated rings. The van der Waals surface area contributed by atoms with Crippen molar-refractivity contribution in [2.24, 2.45) is 0 Å². The van der Waals surface area contributed by atoms with Crippen LogP contribution >= 0.6 is 0 Å². The number of carbonyl (C=O) groups is 1. The highest BCUT2D eigenvalue weighted by atomic mass is 16.5. The normalized spacial score (nSPS) is 19.5. The predicted molar refractivity (Wildman–Crippen MR) is 66.3 cm³/mol. The fourth-order valence-electron chi connectivity index (χ4n) is 1.92. The fraction of sp³-hybridized carbons (Fsp3) is 0.538. The lowest BCUT2D eigenvalue weighted by Crippen LogP contribution is -2.36. The quantitative estimate of drug-likeness (QED) is 0.812. The lowest BCUT2D eigenvalue weighted by molar-refractivity contribution is 0.0600. The van der Waals surface area contributed by atoms with E-state index >= 15 is 0 Å². The van der Waals surface area contributed by atoms with Gasteiger partial charge in [0.05, 0.1) is 25.0 Å². The molecule has 1 N–H and O–H groups in total. The Balaban J connectivity index is 1.84. The maximum Gasteiger partial charge on any atom is 0.339 e. The molecule has 5 heteroatoms. The van der Waals surface area contributed by atoms with E-state index in [9.17, 15) is 4.79 Å². The van der Waals surface area contributed by atoms with Gasteiger partial charge in [-0.2, -0.15) is 0 Å². The van der Waals surface area contributed by atoms with Crippen molar-refractivity contribution >= 4 is 5.97 Å². The van der Waals surface area contributed by atoms with Crippen LogP contribution in [-0.4, -0.2) is 37.3 Å². The summed E-state index contributed by atoms with van der Waals surface area (Å²) in [6.07, 6.45) is 3.78. The number of hydrogen-bond acceptors (Lipinski definition) is 5. The van der Waals surface area contributed by atoms with Crippen molar-refractivity contribution in [3.8, 4) is 0 Å². The SMILES string of the molecule is COC(=O)c1ccc(CNC2CCCOC2)nc1. The lowest BCUT2D eigenvalue weighted by Gasteiger charge is -2.23. The van der Waals surface area contributed by atoms with Gasteiger partial charge in [-0.05, 0) is 25.0 Å². The van der Waals surface area contributed by atoms with E-state index in [1.54, 1.807) is 12.3 Å². The van der Waals surface area contributed by atoms with Crippen molar-refractivity contribution in [1.29, 1.82) is 0 Å². The molecule has 0 aromatic carbocycles. The van der Waals surface area contributed by atoms with Gasteiger partial charge >= 0.3 is 5.97 Å². The standard InChI is InChI=1S/C13H18N2O3/c1-17-13(16)10-4-5-11(14-7-10)8-15-12-3-2-6-18-9-12/h4-5,7,12,15H,2-3,6,8-9H2,1H3. The molecule has 1 unspecified atom stereocenters. The van der Waals surface area contributed by atoms with E-state index in [0.717, 1.165) is 31.7 Å². The number of nitrogens with zero attached hydrogens (tertiary/aromatic N) is 1. The molecule has 1 aliphatic rings. The first-order valence-electron chi connectivity index (χ1n) is 6.14. The number of nitrogens with one attached hydrogen (secondary N) is 1. The molecule has 2 heterocycles. The Morgan fingerprint density at radius 1 is 1.61 bits per heavy atom. The molecule has 0 radical (unpaired) electrons. The number of ether oxygens (including phenoxy) is 2. The molecule has 18 heavy (non-hydrogen) atoms. The summed E-state index contributed by atoms with van der Waals surface area (Å²) in [6, 6.07) is 3.97. The van der Waals surface area contributed by atoms with Crippen LogP contribution in [0.4, 0.5) is 0 Å². The maximum absolute atomic E-state index is 11.2. The van der Waals surface area contributed by atoms with Gasteiger partial charge in [-0.1, -0.05) is 0 Å². The third-order valence-electron chi connectivity index (χ3n) is 2.98. The summed E-state index contributed by atoms with van der Waals surface area (Å²) in [5.41, 5.74) is 1.38. The Bertz CT molecular complexity index is 386. The molecule has 1 aromatic rings. The number of carbonyl (C=O) groups excluding carboxylic acids is 1. The van der Waals surface area contributed by atoms with Gasteiger partial charge < -0.3 is 14.8 Å². The zero-order valence-corrected chi connectivity index (χ0v) is 10.5. The Hall–Kier alpha value is -1.46. The van der Waals surface area contributed by atoms with Crippen molar-refractivity contribution in [1.82, 2.24) is 10.3 Å². The molecule has 5 nitrogen and oxygen atoms in total. The topological polar surface area (TPSA) is 60.5 Å². The highest BCUT2D eigenvalue weighted by molar-refractivity contribution is 5.88. The zero-order chi connectivity index (χ0) is 12.8. The molecular formula is C13H18N2O3. The van der Waals surface area contributed by atoms with Gasteiger partial charge in [-0.3, -0.25) is 4.98 Å². The average molecular weight is 250 g/mol. The Kier molecular flexibility index (Phi) is 4.66. The first kappa shape index (κ1) is 13.0. The summed E-state index contributed by atoms with van der Waals surface area (Å²) in [6.45, 7) is 2.32. The van der Waals surface area contributed by atoms with Gasteiger partial charge in [0.2, 0.25) is 0 Å². The Labute approximate surface area is 107 Å². The average Bonchev–Trinajstić information content (AvgIpc) is 2.46. The highest BCUT2D eigenvalue weighted by Gasteiger charge is 2.13. The summed E-state index contributed by atoms with van der Waals surface area (Å²) in [5.74, 6) is -0.359. The van der Waals surface area contributed by atoms with Crippen LogP contribution in [0.2, 0.25) is 0 Å². The van der Waals surface area contributed by atoms with Crippen LogP contribution in [0.3, 0.4) is 0 Å². The summed E-state index contributed by atoms with van der Waals surface area (Å²) in [7, 11) is 1.36. The van der Waals surface area contributed by atoms with Gasteiger partial charge in [0.1, 0.15) is 0 Å². The molecule has 1 aliphatic heterocycles. The minimum absolute atomic E-state index is 0.359. The van der Waals surface area contributed by atoms with Crippen LogP contribution in [0.15, 0.2) is 18.3 Å². The van der Waals surface area contributed by atoms with Crippen molar-refractivity contribution < 1.29 is 14.3 Å². The van der Waals surface area contributed by atoms with Crippen LogP contribution in [0, 0.1) is 0 Å². The molecule has 1 saturated heterocycles. The van der Waals surface area contributed by atoms with Gasteiger partial charge in [-0.15, -0.1) is 0 Å². The molecule has 2 rings (SSSR count). The number of esters is 1. The number of pyridine rings is 1. The number of rotatable bonds is 4. The molecule has 0 spiro atoms. The molecule has 0 amide bonds. The second-order valence-electron chi connectivity index (χ2n) is 4.32. The van der Waals surface area contributed by atoms with Crippen LogP contribution in [0.1, 0.15) is 28.9 Å². The Morgan fingerprint density at radius 3 is 3.11 bits per heavy atom. The van der Waals surface area contributed by atoms with Gasteiger partial charge in [-0.25, -0.2) is 4.79 Å². The minimum atomic E-state index is -0.359. The molecule has 0 aliphatic carbocycles. The van der Waals surface area contributed by atoms with Crippen LogP contribution in [-0.2, 0) is 16.0 Å². The summed E-state index contributed by atoms with van der Waals surface area (Å²) in [4.78, 5) is 15.5. The van der Waals surface area contributed by atoms with Crippen molar-refractivity contribution in [3.05, 3.63) is 29.6 Å². The molecule has 1 atom stereocenters. The monoisotopic (exact) mass is 250 g/mol. The molecule has 1 aromatic heterocycles. The smallest absolute Gasteiger partial charge is 0.339 e. The molecule has 0 bridgehead atoms. The van der Waals surface area contributed by atoms with E-state index < -0.39 is 0 Å². The van der Waals surface area contributed by atoms with Crippen LogP contribution in [0.25, 0.3) is 0 Å². The lowest BCUT2D eigenvalue weighted by atomic mass is 10.1. The van der Waals surface area contributed by atoms with Gasteiger partial charge in [0.25, 0.3) is 0 Å². The zero-order valence-electron chi connectivity index (χ0n) is 10.5. The number of methoxy groups -OCH3 is 1. The third kappa shape index (κ3) is 3.51. The molecule has 98 valence electrons. The Morgan fingerprint density at radius 2 is 2.50 bits per heavy atom. The molecular weight excluding hydrogens is 232 g/mol. The molecule has 0 saturated carbocycles. The first-order valence-corrected chi connectivity index (χ1v) is 6.14. The fourth-order valence-corrected chi connectivity index (χ4v) is 1.92. The third-order valence-corrected chi connectivity index (χ3v) is 2.98. The number of aromatic nitrogens is 1. The van der Waals surface area contributed by atoms with E-state index in [1.807, 2.05) is 6.07 Å². The van der Waals surface area contributed by atoms with Crippen LogP contribution < -0.4 is 5.32 Å². The van der Waals surface area contributed by atoms with Crippen LogP contribution in [0.5, 0.6) is 0 Å². The van der Waals surface area contributed by atoms with E-state index in [2.05, 4.69) is 15.0 Å². The van der Waals surface area contributed by atoms with Crippen molar-refractivity contribution in [2.45, 2.75) is 25.4 Å². The van der Waals surface area contributed by atoms with E-state index in [-0.39, 0.29) is 5.97 Å². The predicted octanol–water partition coefficient (Wildman–Crippen LogP) is 1.14. The summed E-state index contributed by atoms with van der Waals surface area (Å²) >= 11 is 0. The summed E-state index contributed by atoms with van der Waals surface area (Å²) in [5, 5.41) is 3.40. The second kappa shape index (κ2) is 6.47. The van der Waals surface area contributed by atoms with E-state index in [4.69, 9.17) is 4.74 Å². The summed E-state index contributed by atoms with van der Waals surface area (Å²) < 4.78 is 10.0. The van der Waals surface area contributed by atoms with Gasteiger partial charge in [0, 0.05) is 25.4 Å². The second-order valence-corrected chi connectivity index (χ2v) is 4.32. The van der Waals surface area contributed by atoms with Gasteiger partial charge in [0.15, 0.2) is 0 Å². The first-order chi connectivity index (χ1) is 8.79. The largest absolute Gasteiger partial charge is 0.465 e. The number of hydrogen-bond donors (Lipinski definition) is 1. The maximum atomic E-state index is 11.2. The van der Waals surface area contributed by atoms with Crippen molar-refractivity contribution in [2.75, 3.05) is 20.3 Å². The minimum Gasteiger partial charge on any atom is -0.465 e. The highest BCUT2D eigenvalue weighted by Crippen LogP contribution is 2.07. The van der Waals surface area contributed by atoms with E-state index in [0.29, 0.717) is 18.2 Å². The van der Waals surface area contributed by atoms with Crippen molar-refractivity contribution in [3.63, 3.8) is 0 Å².